The summed E-state index contributed by atoms with van der Waals surface area (Å²) >= 11 is 0. The third kappa shape index (κ3) is 1.54. The van der Waals surface area contributed by atoms with Crippen molar-refractivity contribution >= 4 is 5.78 Å². The van der Waals surface area contributed by atoms with E-state index in [0.717, 1.165) is 0 Å². The minimum absolute atomic E-state index is 0.210. The van der Waals surface area contributed by atoms with Crippen LogP contribution in [0.25, 0.3) is 0 Å². The lowest BCUT2D eigenvalue weighted by molar-refractivity contribution is 0.102. The Hall–Kier alpha value is -1.98. The van der Waals surface area contributed by atoms with Gasteiger partial charge in [0.1, 0.15) is 11.5 Å². The third-order valence-corrected chi connectivity index (χ3v) is 2.24. The first-order valence-corrected chi connectivity index (χ1v) is 4.50. The van der Waals surface area contributed by atoms with E-state index in [1.54, 1.807) is 42.5 Å². The van der Waals surface area contributed by atoms with Gasteiger partial charge in [-0.2, -0.15) is 5.10 Å². The van der Waals surface area contributed by atoms with E-state index in [1.807, 2.05) is 0 Å². The molecule has 0 spiro atoms. The molecule has 2 heterocycles. The third-order valence-electron chi connectivity index (χ3n) is 2.24. The molecule has 0 aliphatic rings. The van der Waals surface area contributed by atoms with Gasteiger partial charge in [-0.05, 0) is 13.0 Å². The van der Waals surface area contributed by atoms with Crippen LogP contribution < -0.4 is 0 Å². The number of hydrogen-bond donors (Lipinski definition) is 0. The quantitative estimate of drug-likeness (QED) is 0.651. The molecule has 6 heteroatoms. The molecule has 2 aromatic rings. The van der Waals surface area contributed by atoms with Crippen LogP contribution in [-0.4, -0.2) is 30.3 Å². The molecule has 2 rings (SSSR count). The maximum absolute atomic E-state index is 11.9. The molecule has 78 valence electrons. The number of rotatable bonds is 2. The fourth-order valence-electron chi connectivity index (χ4n) is 1.26. The van der Waals surface area contributed by atoms with Crippen LogP contribution in [0.2, 0.25) is 0 Å². The van der Waals surface area contributed by atoms with Crippen molar-refractivity contribution in [1.82, 2.24) is 24.5 Å². The van der Waals surface area contributed by atoms with Crippen LogP contribution in [0.1, 0.15) is 22.1 Å². The van der Waals surface area contributed by atoms with Crippen LogP contribution >= 0.6 is 0 Å². The van der Waals surface area contributed by atoms with Crippen LogP contribution in [0.15, 0.2) is 12.3 Å². The molecule has 2 aromatic heterocycles. The maximum atomic E-state index is 11.9. The Morgan fingerprint density at radius 2 is 2.07 bits per heavy atom. The van der Waals surface area contributed by atoms with Gasteiger partial charge in [0, 0.05) is 20.3 Å². The summed E-state index contributed by atoms with van der Waals surface area (Å²) < 4.78 is 3.23. The molecule has 0 N–H and O–H groups in total. The summed E-state index contributed by atoms with van der Waals surface area (Å²) in [7, 11) is 3.52. The Bertz CT molecular complexity index is 510. The Balaban J connectivity index is 2.41. The number of hydrogen-bond acceptors (Lipinski definition) is 4. The van der Waals surface area contributed by atoms with Crippen molar-refractivity contribution in [3.63, 3.8) is 0 Å². The molecular formula is C9H11N5O. The lowest BCUT2D eigenvalue weighted by Crippen LogP contribution is -2.10. The van der Waals surface area contributed by atoms with Gasteiger partial charge in [0.05, 0.1) is 0 Å². The number of aryl methyl sites for hydroxylation is 2. The zero-order chi connectivity index (χ0) is 11.0. The van der Waals surface area contributed by atoms with Crippen molar-refractivity contribution in [3.05, 3.63) is 29.6 Å². The highest BCUT2D eigenvalue weighted by Crippen LogP contribution is 2.05. The Kier molecular flexibility index (Phi) is 2.11. The molecule has 0 radical (unpaired) electrons. The standard InChI is InChI=1S/C9H11N5O/c1-6-10-11-9(14(6)3)8(15)7-4-5-13(2)12-7/h4-5H,1-3H3. The highest BCUT2D eigenvalue weighted by atomic mass is 16.1. The molecule has 0 saturated carbocycles. The van der Waals surface area contributed by atoms with Gasteiger partial charge in [0.15, 0.2) is 0 Å². The fraction of sp³-hybridized carbons (Fsp3) is 0.333. The number of nitrogens with zero attached hydrogens (tertiary/aromatic N) is 5. The van der Waals surface area contributed by atoms with Gasteiger partial charge < -0.3 is 4.57 Å². The van der Waals surface area contributed by atoms with Crippen molar-refractivity contribution < 1.29 is 4.79 Å². The molecule has 0 bridgehead atoms. The largest absolute Gasteiger partial charge is 0.312 e. The van der Waals surface area contributed by atoms with Gasteiger partial charge in [0.2, 0.25) is 5.82 Å². The molecule has 0 aliphatic heterocycles. The summed E-state index contributed by atoms with van der Waals surface area (Å²) in [6.07, 6.45) is 1.72. The molecule has 0 atom stereocenters. The van der Waals surface area contributed by atoms with E-state index in [2.05, 4.69) is 15.3 Å². The minimum Gasteiger partial charge on any atom is -0.312 e. The predicted octanol–water partition coefficient (Wildman–Crippen LogP) is 0.0880. The van der Waals surface area contributed by atoms with E-state index in [9.17, 15) is 4.79 Å². The molecule has 15 heavy (non-hydrogen) atoms. The van der Waals surface area contributed by atoms with Gasteiger partial charge in [0.25, 0.3) is 5.78 Å². The van der Waals surface area contributed by atoms with Crippen molar-refractivity contribution in [3.8, 4) is 0 Å². The van der Waals surface area contributed by atoms with Crippen molar-refractivity contribution in [2.24, 2.45) is 14.1 Å². The smallest absolute Gasteiger partial charge is 0.250 e. The van der Waals surface area contributed by atoms with Gasteiger partial charge in [-0.1, -0.05) is 0 Å². The molecular weight excluding hydrogens is 194 g/mol. The summed E-state index contributed by atoms with van der Waals surface area (Å²) in [6.45, 7) is 1.79. The summed E-state index contributed by atoms with van der Waals surface area (Å²) in [5.41, 5.74) is 0.382. The summed E-state index contributed by atoms with van der Waals surface area (Å²) in [5, 5.41) is 11.7. The number of carbonyl (C=O) groups is 1. The molecule has 0 unspecified atom stereocenters. The topological polar surface area (TPSA) is 65.6 Å². The van der Waals surface area contributed by atoms with Crippen LogP contribution in [0.4, 0.5) is 0 Å². The zero-order valence-electron chi connectivity index (χ0n) is 8.80. The lowest BCUT2D eigenvalue weighted by atomic mass is 10.3. The summed E-state index contributed by atoms with van der Waals surface area (Å²) in [5.74, 6) is 0.805. The predicted molar refractivity (Wildman–Crippen MR) is 52.4 cm³/mol. The van der Waals surface area contributed by atoms with Gasteiger partial charge in [-0.25, -0.2) is 0 Å². The minimum atomic E-state index is -0.210. The highest BCUT2D eigenvalue weighted by Gasteiger charge is 2.18. The Labute approximate surface area is 86.5 Å². The first-order valence-electron chi connectivity index (χ1n) is 4.50. The van der Waals surface area contributed by atoms with Crippen LogP contribution in [0, 0.1) is 6.92 Å². The lowest BCUT2D eigenvalue weighted by Gasteiger charge is -1.97. The number of carbonyl (C=O) groups excluding carboxylic acids is 1. The second-order valence-corrected chi connectivity index (χ2v) is 3.33. The van der Waals surface area contributed by atoms with Crippen molar-refractivity contribution in [1.29, 1.82) is 0 Å². The molecule has 0 aromatic carbocycles. The van der Waals surface area contributed by atoms with Crippen molar-refractivity contribution in [2.75, 3.05) is 0 Å². The summed E-state index contributed by atoms with van der Waals surface area (Å²) in [6, 6.07) is 1.66. The Morgan fingerprint density at radius 3 is 2.53 bits per heavy atom. The zero-order valence-corrected chi connectivity index (χ0v) is 8.80. The molecule has 6 nitrogen and oxygen atoms in total. The number of ketones is 1. The van der Waals surface area contributed by atoms with Crippen molar-refractivity contribution in [2.45, 2.75) is 6.92 Å². The fourth-order valence-corrected chi connectivity index (χ4v) is 1.26. The highest BCUT2D eigenvalue weighted by molar-refractivity contribution is 6.05. The van der Waals surface area contributed by atoms with Gasteiger partial charge in [-0.3, -0.25) is 9.48 Å². The van der Waals surface area contributed by atoms with E-state index in [1.165, 1.54) is 0 Å². The average molecular weight is 205 g/mol. The van der Waals surface area contributed by atoms with Gasteiger partial charge >= 0.3 is 0 Å². The normalized spacial score (nSPS) is 10.6. The molecule has 0 aliphatic carbocycles. The van der Waals surface area contributed by atoms with Gasteiger partial charge in [-0.15, -0.1) is 10.2 Å². The second-order valence-electron chi connectivity index (χ2n) is 3.33. The van der Waals surface area contributed by atoms with E-state index in [-0.39, 0.29) is 5.78 Å². The molecule has 0 fully saturated rings. The van der Waals surface area contributed by atoms with Crippen LogP contribution in [-0.2, 0) is 14.1 Å². The Morgan fingerprint density at radius 1 is 1.33 bits per heavy atom. The monoisotopic (exact) mass is 205 g/mol. The second kappa shape index (κ2) is 3.30. The van der Waals surface area contributed by atoms with E-state index in [0.29, 0.717) is 17.3 Å². The summed E-state index contributed by atoms with van der Waals surface area (Å²) in [4.78, 5) is 11.9. The maximum Gasteiger partial charge on any atom is 0.250 e. The van der Waals surface area contributed by atoms with E-state index >= 15 is 0 Å². The number of aromatic nitrogens is 5. The van der Waals surface area contributed by atoms with E-state index in [4.69, 9.17) is 0 Å². The SMILES string of the molecule is Cc1nnc(C(=O)c2ccn(C)n2)n1C. The first-order chi connectivity index (χ1) is 7.09. The van der Waals surface area contributed by atoms with E-state index < -0.39 is 0 Å². The van der Waals surface area contributed by atoms with Crippen LogP contribution in [0.3, 0.4) is 0 Å². The molecule has 0 amide bonds. The molecule has 0 saturated heterocycles. The average Bonchev–Trinajstić information content (AvgIpc) is 2.75. The first kappa shape index (κ1) is 9.57. The van der Waals surface area contributed by atoms with Crippen LogP contribution in [0.5, 0.6) is 0 Å².